The van der Waals surface area contributed by atoms with E-state index in [9.17, 15) is 0 Å². The second kappa shape index (κ2) is 5.21. The van der Waals surface area contributed by atoms with Crippen LogP contribution in [0.2, 0.25) is 0 Å². The smallest absolute Gasteiger partial charge is 0.0935 e. The number of benzene rings is 1. The average Bonchev–Trinajstić information content (AvgIpc) is 2.82. The Morgan fingerprint density at radius 2 is 2.06 bits per heavy atom. The average molecular weight is 258 g/mol. The first-order chi connectivity index (χ1) is 8.83. The number of hydrogen-bond donors (Lipinski definition) is 1. The molecular weight excluding hydrogens is 240 g/mol. The van der Waals surface area contributed by atoms with Gasteiger partial charge in [0, 0.05) is 17.3 Å². The minimum absolute atomic E-state index is 0.233. The number of rotatable bonds is 3. The Morgan fingerprint density at radius 1 is 1.22 bits per heavy atom. The second-order valence-electron chi connectivity index (χ2n) is 4.90. The zero-order valence-corrected chi connectivity index (χ0v) is 11.2. The normalized spacial score (nSPS) is 18.6. The molecule has 0 amide bonds. The van der Waals surface area contributed by atoms with E-state index in [1.165, 1.54) is 27.6 Å². The van der Waals surface area contributed by atoms with Crippen molar-refractivity contribution in [3.63, 3.8) is 0 Å². The summed E-state index contributed by atoms with van der Waals surface area (Å²) in [6, 6.07) is 10.8. The van der Waals surface area contributed by atoms with E-state index in [1.54, 1.807) is 0 Å². The van der Waals surface area contributed by atoms with Gasteiger partial charge in [-0.15, -0.1) is 11.3 Å². The zero-order valence-electron chi connectivity index (χ0n) is 10.4. The molecule has 1 heterocycles. The summed E-state index contributed by atoms with van der Waals surface area (Å²) < 4.78 is 0. The Labute approximate surface area is 112 Å². The molecule has 2 nitrogen and oxygen atoms in total. The molecule has 0 saturated heterocycles. The van der Waals surface area contributed by atoms with Crippen LogP contribution in [-0.2, 0) is 19.3 Å². The Kier molecular flexibility index (Phi) is 3.43. The summed E-state index contributed by atoms with van der Waals surface area (Å²) >= 11 is 1.83. The van der Waals surface area contributed by atoms with Gasteiger partial charge in [0.1, 0.15) is 0 Å². The summed E-state index contributed by atoms with van der Waals surface area (Å²) in [7, 11) is 0. The quantitative estimate of drug-likeness (QED) is 0.917. The van der Waals surface area contributed by atoms with Gasteiger partial charge >= 0.3 is 0 Å². The van der Waals surface area contributed by atoms with E-state index in [2.05, 4.69) is 30.3 Å². The van der Waals surface area contributed by atoms with E-state index < -0.39 is 0 Å². The third kappa shape index (κ3) is 2.47. The molecule has 1 aromatic heterocycles. The van der Waals surface area contributed by atoms with Crippen molar-refractivity contribution >= 4 is 11.3 Å². The van der Waals surface area contributed by atoms with Crippen LogP contribution in [0.25, 0.3) is 0 Å². The number of aryl methyl sites for hydroxylation is 3. The number of aromatic nitrogens is 1. The van der Waals surface area contributed by atoms with E-state index in [1.807, 2.05) is 11.3 Å². The highest BCUT2D eigenvalue weighted by molar-refractivity contribution is 7.11. The lowest BCUT2D eigenvalue weighted by molar-refractivity contribution is 0.573. The first-order valence-electron chi connectivity index (χ1n) is 6.61. The second-order valence-corrected chi connectivity index (χ2v) is 6.02. The molecule has 1 aliphatic rings. The SMILES string of the molecule is NC1CCCc2nc(CCc3ccccc3)sc21. The monoisotopic (exact) mass is 258 g/mol. The number of hydrogen-bond acceptors (Lipinski definition) is 3. The van der Waals surface area contributed by atoms with Gasteiger partial charge in [-0.3, -0.25) is 0 Å². The molecule has 0 aliphatic heterocycles. The molecular formula is C15H18N2S. The predicted octanol–water partition coefficient (Wildman–Crippen LogP) is 3.26. The van der Waals surface area contributed by atoms with Gasteiger partial charge in [0.25, 0.3) is 0 Å². The van der Waals surface area contributed by atoms with Crippen molar-refractivity contribution in [2.24, 2.45) is 5.73 Å². The lowest BCUT2D eigenvalue weighted by Gasteiger charge is -2.15. The molecule has 3 rings (SSSR count). The zero-order chi connectivity index (χ0) is 12.4. The van der Waals surface area contributed by atoms with Crippen molar-refractivity contribution in [1.82, 2.24) is 4.98 Å². The van der Waals surface area contributed by atoms with Crippen LogP contribution in [0.4, 0.5) is 0 Å². The molecule has 0 spiro atoms. The van der Waals surface area contributed by atoms with Gasteiger partial charge in [-0.1, -0.05) is 30.3 Å². The van der Waals surface area contributed by atoms with Crippen LogP contribution in [0.15, 0.2) is 30.3 Å². The van der Waals surface area contributed by atoms with E-state index >= 15 is 0 Å². The highest BCUT2D eigenvalue weighted by atomic mass is 32.1. The fourth-order valence-electron chi connectivity index (χ4n) is 2.51. The number of nitrogens with zero attached hydrogens (tertiary/aromatic N) is 1. The minimum Gasteiger partial charge on any atom is -0.323 e. The first-order valence-corrected chi connectivity index (χ1v) is 7.42. The maximum atomic E-state index is 6.14. The number of fused-ring (bicyclic) bond motifs is 1. The predicted molar refractivity (Wildman–Crippen MR) is 75.8 cm³/mol. The van der Waals surface area contributed by atoms with Gasteiger partial charge in [0.2, 0.25) is 0 Å². The maximum Gasteiger partial charge on any atom is 0.0935 e. The van der Waals surface area contributed by atoms with E-state index in [-0.39, 0.29) is 6.04 Å². The molecule has 1 aromatic carbocycles. The number of nitrogens with two attached hydrogens (primary N) is 1. The highest BCUT2D eigenvalue weighted by Gasteiger charge is 2.21. The molecule has 3 heteroatoms. The Balaban J connectivity index is 1.70. The summed E-state index contributed by atoms with van der Waals surface area (Å²) in [5, 5.41) is 1.25. The fraction of sp³-hybridized carbons (Fsp3) is 0.400. The summed E-state index contributed by atoms with van der Waals surface area (Å²) in [6.07, 6.45) is 5.53. The summed E-state index contributed by atoms with van der Waals surface area (Å²) in [4.78, 5) is 6.09. The van der Waals surface area contributed by atoms with Crippen molar-refractivity contribution in [2.45, 2.75) is 38.1 Å². The Morgan fingerprint density at radius 3 is 2.83 bits per heavy atom. The van der Waals surface area contributed by atoms with Crippen LogP contribution in [0.1, 0.15) is 40.0 Å². The van der Waals surface area contributed by atoms with Crippen LogP contribution in [0.5, 0.6) is 0 Å². The molecule has 94 valence electrons. The molecule has 1 aliphatic carbocycles. The largest absolute Gasteiger partial charge is 0.323 e. The van der Waals surface area contributed by atoms with Gasteiger partial charge in [-0.2, -0.15) is 0 Å². The van der Waals surface area contributed by atoms with Gasteiger partial charge in [0.05, 0.1) is 10.7 Å². The van der Waals surface area contributed by atoms with Gasteiger partial charge < -0.3 is 5.73 Å². The Hall–Kier alpha value is -1.19. The molecule has 1 atom stereocenters. The van der Waals surface area contributed by atoms with Crippen LogP contribution in [0.3, 0.4) is 0 Å². The van der Waals surface area contributed by atoms with Crippen molar-refractivity contribution < 1.29 is 0 Å². The molecule has 2 aromatic rings. The summed E-state index contributed by atoms with van der Waals surface area (Å²) in [5.41, 5.74) is 8.79. The van der Waals surface area contributed by atoms with Crippen LogP contribution in [-0.4, -0.2) is 4.98 Å². The topological polar surface area (TPSA) is 38.9 Å². The molecule has 1 unspecified atom stereocenters. The Bertz CT molecular complexity index is 519. The fourth-order valence-corrected chi connectivity index (χ4v) is 3.66. The van der Waals surface area contributed by atoms with E-state index in [0.29, 0.717) is 0 Å². The third-order valence-corrected chi connectivity index (χ3v) is 4.80. The van der Waals surface area contributed by atoms with Crippen LogP contribution < -0.4 is 5.73 Å². The van der Waals surface area contributed by atoms with Crippen molar-refractivity contribution in [3.8, 4) is 0 Å². The van der Waals surface area contributed by atoms with Gasteiger partial charge in [0.15, 0.2) is 0 Å². The van der Waals surface area contributed by atoms with Crippen molar-refractivity contribution in [3.05, 3.63) is 51.5 Å². The molecule has 0 radical (unpaired) electrons. The maximum absolute atomic E-state index is 6.14. The molecule has 18 heavy (non-hydrogen) atoms. The number of thiazole rings is 1. The third-order valence-electron chi connectivity index (χ3n) is 3.51. The molecule has 2 N–H and O–H groups in total. The van der Waals surface area contributed by atoms with Crippen LogP contribution >= 0.6 is 11.3 Å². The van der Waals surface area contributed by atoms with E-state index in [0.717, 1.165) is 25.7 Å². The lowest BCUT2D eigenvalue weighted by atomic mass is 9.99. The molecule has 0 fully saturated rings. The van der Waals surface area contributed by atoms with Crippen LogP contribution in [0, 0.1) is 0 Å². The minimum atomic E-state index is 0.233. The lowest BCUT2D eigenvalue weighted by Crippen LogP contribution is -2.15. The highest BCUT2D eigenvalue weighted by Crippen LogP contribution is 2.32. The van der Waals surface area contributed by atoms with Gasteiger partial charge in [-0.25, -0.2) is 4.98 Å². The summed E-state index contributed by atoms with van der Waals surface area (Å²) in [5.74, 6) is 0. The van der Waals surface area contributed by atoms with Crippen molar-refractivity contribution in [2.75, 3.05) is 0 Å². The molecule has 0 saturated carbocycles. The van der Waals surface area contributed by atoms with E-state index in [4.69, 9.17) is 10.7 Å². The van der Waals surface area contributed by atoms with Gasteiger partial charge in [-0.05, 0) is 31.2 Å². The van der Waals surface area contributed by atoms with Crippen molar-refractivity contribution in [1.29, 1.82) is 0 Å². The first kappa shape index (κ1) is 11.9. The summed E-state index contributed by atoms with van der Waals surface area (Å²) in [6.45, 7) is 0. The molecule has 0 bridgehead atoms. The standard InChI is InChI=1S/C15H18N2S/c16-12-7-4-8-13-15(12)18-14(17-13)10-9-11-5-2-1-3-6-11/h1-3,5-6,12H,4,7-10,16H2.